The summed E-state index contributed by atoms with van der Waals surface area (Å²) in [6, 6.07) is 3.84. The second kappa shape index (κ2) is 5.82. The van der Waals surface area contributed by atoms with Crippen LogP contribution in [0.25, 0.3) is 0 Å². The van der Waals surface area contributed by atoms with Gasteiger partial charge in [-0.2, -0.15) is 0 Å². The van der Waals surface area contributed by atoms with Crippen molar-refractivity contribution in [3.05, 3.63) is 12.1 Å². The van der Waals surface area contributed by atoms with Crippen molar-refractivity contribution in [2.45, 2.75) is 24.4 Å². The van der Waals surface area contributed by atoms with E-state index in [2.05, 4.69) is 15.5 Å². The normalized spacial score (nSPS) is 12.5. The van der Waals surface area contributed by atoms with Crippen LogP contribution >= 0.6 is 11.8 Å². The summed E-state index contributed by atoms with van der Waals surface area (Å²) in [5.41, 5.74) is 0. The molecule has 1 aromatic heterocycles. The third-order valence-corrected chi connectivity index (χ3v) is 2.55. The number of nitrogens with zero attached hydrogens (tertiary/aromatic N) is 2. The first kappa shape index (κ1) is 11.3. The van der Waals surface area contributed by atoms with Crippen molar-refractivity contribution in [3.8, 4) is 0 Å². The van der Waals surface area contributed by atoms with Crippen molar-refractivity contribution in [2.24, 2.45) is 0 Å². The fourth-order valence-electron chi connectivity index (χ4n) is 0.992. The van der Waals surface area contributed by atoms with Gasteiger partial charge in [0, 0.05) is 0 Å². The highest BCUT2D eigenvalue weighted by Gasteiger charge is 2.04. The Morgan fingerprint density at radius 3 is 2.71 bits per heavy atom. The molecule has 0 fully saturated rings. The molecule has 0 amide bonds. The standard InChI is InChI=1S/C9H15N3OS/c1-3-7(6-13)10-8-4-5-9(14-2)12-11-8/h4-5,7,13H,3,6H2,1-2H3,(H,10,11)/t7-/m0/s1. The minimum Gasteiger partial charge on any atom is -0.394 e. The molecule has 0 aliphatic rings. The lowest BCUT2D eigenvalue weighted by Gasteiger charge is -2.13. The summed E-state index contributed by atoms with van der Waals surface area (Å²) in [6.07, 6.45) is 2.82. The van der Waals surface area contributed by atoms with Gasteiger partial charge in [-0.05, 0) is 24.8 Å². The zero-order valence-corrected chi connectivity index (χ0v) is 9.21. The highest BCUT2D eigenvalue weighted by atomic mass is 32.2. The zero-order valence-electron chi connectivity index (χ0n) is 8.40. The number of aliphatic hydroxyl groups is 1. The molecule has 1 rings (SSSR count). The molecular weight excluding hydrogens is 198 g/mol. The molecule has 0 aliphatic carbocycles. The van der Waals surface area contributed by atoms with Crippen molar-refractivity contribution in [2.75, 3.05) is 18.2 Å². The van der Waals surface area contributed by atoms with Crippen LogP contribution in [0.15, 0.2) is 17.2 Å². The van der Waals surface area contributed by atoms with E-state index in [-0.39, 0.29) is 12.6 Å². The quantitative estimate of drug-likeness (QED) is 0.724. The Morgan fingerprint density at radius 2 is 2.29 bits per heavy atom. The Bertz CT molecular complexity index is 261. The highest BCUT2D eigenvalue weighted by molar-refractivity contribution is 7.98. The lowest BCUT2D eigenvalue weighted by molar-refractivity contribution is 0.271. The molecule has 0 saturated heterocycles. The predicted octanol–water partition coefficient (Wildman–Crippen LogP) is 1.38. The molecule has 0 aliphatic heterocycles. The minimum absolute atomic E-state index is 0.0597. The molecule has 0 spiro atoms. The molecule has 0 unspecified atom stereocenters. The summed E-state index contributed by atoms with van der Waals surface area (Å²) in [6.45, 7) is 2.13. The minimum atomic E-state index is 0.0597. The SMILES string of the molecule is CC[C@@H](CO)Nc1ccc(SC)nn1. The van der Waals surface area contributed by atoms with E-state index >= 15 is 0 Å². The summed E-state index contributed by atoms with van der Waals surface area (Å²) in [5.74, 6) is 0.712. The molecule has 0 aromatic carbocycles. The van der Waals surface area contributed by atoms with Gasteiger partial charge < -0.3 is 10.4 Å². The summed E-state index contributed by atoms with van der Waals surface area (Å²) < 4.78 is 0. The van der Waals surface area contributed by atoms with Crippen LogP contribution in [0.4, 0.5) is 5.82 Å². The fraction of sp³-hybridized carbons (Fsp3) is 0.556. The van der Waals surface area contributed by atoms with Gasteiger partial charge in [0.05, 0.1) is 12.6 Å². The topological polar surface area (TPSA) is 58.0 Å². The van der Waals surface area contributed by atoms with Gasteiger partial charge in [-0.25, -0.2) is 0 Å². The average molecular weight is 213 g/mol. The van der Waals surface area contributed by atoms with Crippen molar-refractivity contribution in [3.63, 3.8) is 0 Å². The van der Waals surface area contributed by atoms with Crippen molar-refractivity contribution >= 4 is 17.6 Å². The van der Waals surface area contributed by atoms with Gasteiger partial charge in [-0.15, -0.1) is 22.0 Å². The number of aromatic nitrogens is 2. The van der Waals surface area contributed by atoms with Gasteiger partial charge in [-0.3, -0.25) is 0 Å². The predicted molar refractivity (Wildman–Crippen MR) is 58.6 cm³/mol. The lowest BCUT2D eigenvalue weighted by atomic mass is 10.2. The monoisotopic (exact) mass is 213 g/mol. The van der Waals surface area contributed by atoms with E-state index in [1.54, 1.807) is 11.8 Å². The molecule has 14 heavy (non-hydrogen) atoms. The number of rotatable bonds is 5. The second-order valence-corrected chi connectivity index (χ2v) is 3.72. The van der Waals surface area contributed by atoms with E-state index < -0.39 is 0 Å². The number of hydrogen-bond acceptors (Lipinski definition) is 5. The maximum absolute atomic E-state index is 8.97. The van der Waals surface area contributed by atoms with Crippen LogP contribution in [-0.2, 0) is 0 Å². The summed E-state index contributed by atoms with van der Waals surface area (Å²) >= 11 is 1.56. The van der Waals surface area contributed by atoms with Crippen LogP contribution in [0.1, 0.15) is 13.3 Å². The van der Waals surface area contributed by atoms with Crippen LogP contribution in [0.3, 0.4) is 0 Å². The maximum atomic E-state index is 8.97. The van der Waals surface area contributed by atoms with E-state index in [0.717, 1.165) is 11.4 Å². The summed E-state index contributed by atoms with van der Waals surface area (Å²) in [5, 5.41) is 20.9. The van der Waals surface area contributed by atoms with E-state index in [9.17, 15) is 0 Å². The number of thioether (sulfide) groups is 1. The average Bonchev–Trinajstić information content (AvgIpc) is 2.26. The molecule has 0 saturated carbocycles. The fourth-order valence-corrected chi connectivity index (χ4v) is 1.32. The largest absolute Gasteiger partial charge is 0.394 e. The van der Waals surface area contributed by atoms with Crippen molar-refractivity contribution in [1.29, 1.82) is 0 Å². The van der Waals surface area contributed by atoms with E-state index in [1.807, 2.05) is 25.3 Å². The number of aliphatic hydroxyl groups excluding tert-OH is 1. The molecule has 1 aromatic rings. The maximum Gasteiger partial charge on any atom is 0.149 e. The second-order valence-electron chi connectivity index (χ2n) is 2.89. The van der Waals surface area contributed by atoms with Crippen LogP contribution in [0.5, 0.6) is 0 Å². The Balaban J connectivity index is 2.58. The van der Waals surface area contributed by atoms with E-state index in [1.165, 1.54) is 0 Å². The van der Waals surface area contributed by atoms with Gasteiger partial charge in [0.15, 0.2) is 0 Å². The third kappa shape index (κ3) is 3.16. The molecule has 1 atom stereocenters. The molecule has 2 N–H and O–H groups in total. The first-order chi connectivity index (χ1) is 6.80. The molecule has 4 nitrogen and oxygen atoms in total. The molecule has 0 radical (unpaired) electrons. The van der Waals surface area contributed by atoms with Crippen molar-refractivity contribution < 1.29 is 5.11 Å². The lowest BCUT2D eigenvalue weighted by Crippen LogP contribution is -2.23. The van der Waals surface area contributed by atoms with Crippen LogP contribution in [0, 0.1) is 0 Å². The smallest absolute Gasteiger partial charge is 0.149 e. The van der Waals surface area contributed by atoms with Crippen molar-refractivity contribution in [1.82, 2.24) is 10.2 Å². The highest BCUT2D eigenvalue weighted by Crippen LogP contribution is 2.12. The molecule has 78 valence electrons. The Morgan fingerprint density at radius 1 is 1.50 bits per heavy atom. The summed E-state index contributed by atoms with van der Waals surface area (Å²) in [7, 11) is 0. The number of anilines is 1. The van der Waals surface area contributed by atoms with Crippen LogP contribution in [-0.4, -0.2) is 34.2 Å². The first-order valence-electron chi connectivity index (χ1n) is 4.55. The van der Waals surface area contributed by atoms with Crippen LogP contribution < -0.4 is 5.32 Å². The van der Waals surface area contributed by atoms with Gasteiger partial charge in [-0.1, -0.05) is 6.92 Å². The van der Waals surface area contributed by atoms with E-state index in [4.69, 9.17) is 5.11 Å². The zero-order chi connectivity index (χ0) is 10.4. The van der Waals surface area contributed by atoms with Crippen LogP contribution in [0.2, 0.25) is 0 Å². The molecule has 0 bridgehead atoms. The van der Waals surface area contributed by atoms with Gasteiger partial charge in [0.25, 0.3) is 0 Å². The molecule has 1 heterocycles. The first-order valence-corrected chi connectivity index (χ1v) is 5.77. The van der Waals surface area contributed by atoms with Gasteiger partial charge in [0.1, 0.15) is 10.8 Å². The summed E-state index contributed by atoms with van der Waals surface area (Å²) in [4.78, 5) is 0. The van der Waals surface area contributed by atoms with E-state index in [0.29, 0.717) is 5.82 Å². The van der Waals surface area contributed by atoms with Gasteiger partial charge in [0.2, 0.25) is 0 Å². The number of nitrogens with one attached hydrogen (secondary N) is 1. The number of hydrogen-bond donors (Lipinski definition) is 2. The Labute approximate surface area is 88.1 Å². The third-order valence-electron chi connectivity index (χ3n) is 1.91. The molecule has 5 heteroatoms. The Hall–Kier alpha value is -0.810. The molecular formula is C9H15N3OS. The van der Waals surface area contributed by atoms with Gasteiger partial charge >= 0.3 is 0 Å². The Kier molecular flexibility index (Phi) is 4.69.